The van der Waals surface area contributed by atoms with Crippen molar-refractivity contribution >= 4 is 123 Å². The molecule has 4 aliphatic heterocycles. The fraction of sp³-hybridized carbons (Fsp3) is 0.537. The van der Waals surface area contributed by atoms with Crippen LogP contribution < -0.4 is 41.9 Å². The molecule has 632 valence electrons. The molecule has 8 N–H and O–H groups in total. The predicted molar refractivity (Wildman–Crippen MR) is 424 cm³/mol. The number of Topliss-reactive ketones (excluding diaryl/α,β-unsaturated/α-hetero) is 2. The number of amides is 8. The summed E-state index contributed by atoms with van der Waals surface area (Å²) in [5, 5.41) is 30.9. The van der Waals surface area contributed by atoms with Gasteiger partial charge >= 0.3 is 23.9 Å². The number of aromatic nitrogens is 1. The van der Waals surface area contributed by atoms with Crippen molar-refractivity contribution in [1.29, 1.82) is 0 Å². The molecule has 2 saturated carbocycles. The highest BCUT2D eigenvalue weighted by molar-refractivity contribution is 6.39. The number of likely N-dealkylation sites (N-methyl/N-ethyl adjacent to an activating group) is 4. The number of ether oxygens (including phenoxy) is 5. The maximum absolute atomic E-state index is 15.2. The van der Waals surface area contributed by atoms with Crippen LogP contribution in [-0.4, -0.2) is 214 Å². The SMILES string of the molecule is COC(=O)c1c(C)c2c(c(C)c1O)OC(=O)c1c(C)c(Cl)c(O)c(Cl)c1O2.Cc1c2oc3c(C)ccc(C(=O)NC4C(=O)NC(C(C)C)C(=O)C5CCCC5C(=O)N(C)CC(=O)N(C)C(C(C)C)C(=O)OC4C)c3nc-2c(C(=O)NC2C(=O)NC(C(C)C)C(=O)C3CCCC3C(=O)N(C)CC(=O)N(C)C(C(C)C)C(=O)OC2C)c(N)c1=O. The van der Waals surface area contributed by atoms with E-state index in [1.807, 2.05) is 0 Å². The van der Waals surface area contributed by atoms with Crippen LogP contribution in [0, 0.1) is 82.0 Å². The summed E-state index contributed by atoms with van der Waals surface area (Å²) in [5.41, 5.74) is 3.93. The number of phenolic OH excluding ortho intramolecular Hbond substituents is 2. The lowest BCUT2D eigenvalue weighted by Gasteiger charge is -2.35. The maximum atomic E-state index is 15.2. The van der Waals surface area contributed by atoms with Gasteiger partial charge in [-0.1, -0.05) is 97.5 Å². The van der Waals surface area contributed by atoms with Crippen LogP contribution >= 0.6 is 23.2 Å². The number of halogens is 2. The normalized spacial score (nSPS) is 24.3. The molecule has 12 unspecified atom stereocenters. The van der Waals surface area contributed by atoms with E-state index < -0.39 is 220 Å². The van der Waals surface area contributed by atoms with Crippen LogP contribution in [0.1, 0.15) is 177 Å². The second kappa shape index (κ2) is 35.9. The van der Waals surface area contributed by atoms with E-state index in [0.29, 0.717) is 44.1 Å². The summed E-state index contributed by atoms with van der Waals surface area (Å²) in [6.45, 7) is 22.7. The van der Waals surface area contributed by atoms with E-state index in [1.54, 1.807) is 62.3 Å². The molecule has 3 aromatic carbocycles. The predicted octanol–water partition coefficient (Wildman–Crippen LogP) is 7.16. The molecule has 0 radical (unpaired) electrons. The molecular weight excluding hydrogens is 1560 g/mol. The van der Waals surface area contributed by atoms with Gasteiger partial charge in [0.2, 0.25) is 40.9 Å². The number of nitrogens with one attached hydrogen (secondary N) is 4. The number of hydrogen-bond donors (Lipinski definition) is 7. The molecule has 3 aromatic rings. The summed E-state index contributed by atoms with van der Waals surface area (Å²) in [6.07, 6.45) is -0.654. The first kappa shape index (κ1) is 90.0. The lowest BCUT2D eigenvalue weighted by molar-refractivity contribution is -0.163. The Morgan fingerprint density at radius 1 is 0.581 bits per heavy atom. The van der Waals surface area contributed by atoms with Gasteiger partial charge in [-0.2, -0.15) is 0 Å². The molecule has 2 saturated heterocycles. The van der Waals surface area contributed by atoms with Crippen LogP contribution in [0.25, 0.3) is 22.6 Å². The Hall–Kier alpha value is -11.0. The number of carbonyl (C=O) groups excluding carboxylic acids is 14. The Morgan fingerprint density at radius 3 is 1.49 bits per heavy atom. The zero-order valence-electron chi connectivity index (χ0n) is 69.1. The number of phenols is 2. The highest BCUT2D eigenvalue weighted by Crippen LogP contribution is 2.53. The fourth-order valence-electron chi connectivity index (χ4n) is 16.0. The largest absolute Gasteiger partial charge is 0.507 e. The van der Waals surface area contributed by atoms with Crippen molar-refractivity contribution in [3.8, 4) is 40.2 Å². The maximum Gasteiger partial charge on any atom is 0.347 e. The number of methoxy groups -OCH3 is 1. The number of aromatic hydroxyl groups is 2. The van der Waals surface area contributed by atoms with E-state index in [-0.39, 0.29) is 88.8 Å². The number of nitrogens with two attached hydrogens (primary N) is 1. The monoisotopic (exact) mass is 1660 g/mol. The molecule has 35 heteroatoms. The zero-order chi connectivity index (χ0) is 87.2. The minimum atomic E-state index is -1.86. The Labute approximate surface area is 685 Å². The van der Waals surface area contributed by atoms with Gasteiger partial charge in [0.15, 0.2) is 45.9 Å². The van der Waals surface area contributed by atoms with Crippen LogP contribution in [-0.2, 0) is 62.2 Å². The first-order valence-corrected chi connectivity index (χ1v) is 39.4. The van der Waals surface area contributed by atoms with Crippen LogP contribution in [0.5, 0.6) is 28.7 Å². The first-order chi connectivity index (χ1) is 54.7. The van der Waals surface area contributed by atoms with E-state index in [0.717, 1.165) is 9.80 Å². The Kier molecular flexibility index (Phi) is 27.6. The number of cyclic esters (lactones) is 2. The Morgan fingerprint density at radius 2 is 1.03 bits per heavy atom. The second-order valence-corrected chi connectivity index (χ2v) is 32.9. The average molecular weight is 1670 g/mol. The zero-order valence-corrected chi connectivity index (χ0v) is 70.6. The van der Waals surface area contributed by atoms with Gasteiger partial charge < -0.3 is 84.9 Å². The lowest BCUT2D eigenvalue weighted by atomic mass is 9.83. The summed E-state index contributed by atoms with van der Waals surface area (Å²) in [5.74, 6) is -17.6. The van der Waals surface area contributed by atoms with Gasteiger partial charge in [-0.25, -0.2) is 24.2 Å². The topological polar surface area (TPSA) is 456 Å². The van der Waals surface area contributed by atoms with Crippen molar-refractivity contribution in [1.82, 2.24) is 45.9 Å². The van der Waals surface area contributed by atoms with E-state index in [2.05, 4.69) is 21.3 Å². The highest BCUT2D eigenvalue weighted by Gasteiger charge is 2.49. The summed E-state index contributed by atoms with van der Waals surface area (Å²) in [6, 6.07) is -5.71. The molecular formula is C82H102Cl2N10O23. The summed E-state index contributed by atoms with van der Waals surface area (Å²) in [7, 11) is 6.83. The molecule has 0 aromatic heterocycles. The number of carbonyl (C=O) groups is 14. The average Bonchev–Trinajstić information content (AvgIpc) is 1.71. The summed E-state index contributed by atoms with van der Waals surface area (Å²) in [4.78, 5) is 222. The third-order valence-electron chi connectivity index (χ3n) is 22.8. The molecule has 0 spiro atoms. The number of ketones is 2. The number of rotatable bonds is 9. The van der Waals surface area contributed by atoms with Crippen LogP contribution in [0.2, 0.25) is 10.0 Å². The molecule has 33 nitrogen and oxygen atoms in total. The summed E-state index contributed by atoms with van der Waals surface area (Å²) >= 11 is 12.2. The molecule has 4 fully saturated rings. The number of nitrogen functional groups attached to an aromatic ring is 1. The highest BCUT2D eigenvalue weighted by atomic mass is 35.5. The molecule has 7 aliphatic rings. The van der Waals surface area contributed by atoms with E-state index >= 15 is 9.59 Å². The number of aryl methyl sites for hydroxylation is 1. The molecule has 0 bridgehead atoms. The van der Waals surface area contributed by atoms with Crippen molar-refractivity contribution in [3.05, 3.63) is 82.5 Å². The number of hydrogen-bond acceptors (Lipinski definition) is 25. The van der Waals surface area contributed by atoms with Gasteiger partial charge in [-0.15, -0.1) is 0 Å². The third kappa shape index (κ3) is 17.6. The molecule has 10 rings (SSSR count). The van der Waals surface area contributed by atoms with Gasteiger partial charge in [0, 0.05) is 68.6 Å². The van der Waals surface area contributed by atoms with Crippen molar-refractivity contribution in [2.75, 3.05) is 54.1 Å². The van der Waals surface area contributed by atoms with Gasteiger partial charge in [0.1, 0.15) is 69.5 Å². The smallest absolute Gasteiger partial charge is 0.347 e. The van der Waals surface area contributed by atoms with E-state index in [4.69, 9.17) is 62.0 Å². The number of benzene rings is 4. The first-order valence-electron chi connectivity index (χ1n) is 38.7. The van der Waals surface area contributed by atoms with Gasteiger partial charge in [-0.05, 0) is 115 Å². The number of esters is 4. The fourth-order valence-corrected chi connectivity index (χ4v) is 16.5. The van der Waals surface area contributed by atoms with Crippen molar-refractivity contribution < 1.29 is 105 Å². The second-order valence-electron chi connectivity index (χ2n) is 32.2. The third-order valence-corrected chi connectivity index (χ3v) is 23.6. The molecule has 117 heavy (non-hydrogen) atoms. The van der Waals surface area contributed by atoms with Crippen molar-refractivity contribution in [3.63, 3.8) is 0 Å². The quantitative estimate of drug-likeness (QED) is 0.0253. The van der Waals surface area contributed by atoms with E-state index in [9.17, 15) is 72.5 Å². The van der Waals surface area contributed by atoms with Crippen LogP contribution in [0.3, 0.4) is 0 Å². The number of anilines is 1. The van der Waals surface area contributed by atoms with E-state index in [1.165, 1.54) is 98.8 Å². The molecule has 8 amide bonds. The minimum absolute atomic E-state index is 0.0131. The standard InChI is InChI=1S/C64H88N10O16.C18H14Cl2O7/c1-27(2)44-53(78)35-19-17-21-37(35)61(84)71(13)25-40(75)73(15)50(29(5)6)63(86)88-33(11)46(59(82)67-44)69-57(80)39-24-23-31(9)55-48(39)66-49-42(43(65)52(77)32(10)56(49)90-55)58(81)70-47-34(12)89-64(87)51(30(7)8)74(16)41(76)26-72(14)62(85)38-22-18-20-36(38)54(79)45(28(3)4)68-60(47)83;1-5-9-16(11(20)13(22)10(5)19)26-14-6(2)8(17(23)25-4)12(21)7(3)15(14)27-18(9)24/h23-24,27-30,33-38,44-47,50-51H,17-22,25-26,65H2,1-16H3,(H,67,82)(H,68,83)(H,69,80)(H,70,81);21-22H,1-4H3. The van der Waals surface area contributed by atoms with Gasteiger partial charge in [0.05, 0.1) is 54.1 Å². The van der Waals surface area contributed by atoms with Gasteiger partial charge in [-0.3, -0.25) is 52.7 Å². The Bertz CT molecular complexity index is 4960. The molecule has 12 atom stereocenters. The molecule has 3 aliphatic carbocycles. The number of nitrogens with zero attached hydrogens (tertiary/aromatic N) is 5. The van der Waals surface area contributed by atoms with Crippen LogP contribution in [0.4, 0.5) is 5.69 Å². The van der Waals surface area contributed by atoms with Crippen molar-refractivity contribution in [2.45, 2.75) is 191 Å². The van der Waals surface area contributed by atoms with Crippen LogP contribution in [0.15, 0.2) is 21.3 Å². The van der Waals surface area contributed by atoms with Gasteiger partial charge in [0.25, 0.3) is 11.8 Å². The van der Waals surface area contributed by atoms with Crippen molar-refractivity contribution in [2.24, 2.45) is 47.3 Å². The summed E-state index contributed by atoms with van der Waals surface area (Å²) < 4.78 is 34.2. The lowest BCUT2D eigenvalue weighted by Crippen LogP contribution is -2.59. The minimum Gasteiger partial charge on any atom is -0.507 e. The number of fused-ring (bicyclic) bond motifs is 6. The molecule has 4 heterocycles. The Balaban J connectivity index is 0.000000485.